The number of oxime groups is 1. The molecule has 1 amide bonds. The molecule has 0 aromatic rings. The first-order chi connectivity index (χ1) is 9.20. The van der Waals surface area contributed by atoms with Crippen molar-refractivity contribution in [1.82, 2.24) is 4.90 Å². The Hall–Kier alpha value is -1.30. The molecule has 114 valence electrons. The van der Waals surface area contributed by atoms with Gasteiger partial charge in [-0.25, -0.2) is 0 Å². The van der Waals surface area contributed by atoms with Crippen molar-refractivity contribution in [1.29, 1.82) is 0 Å². The standard InChI is InChI=1S/C14H25N3O3/c1-9-5-14(6-9,11(15)16-19)12(18)17-7-10(2)20-13(3,4)8-17/h9-10,19H,5-8H2,1-4H3,(H2,15,16). The van der Waals surface area contributed by atoms with E-state index in [-0.39, 0.29) is 23.4 Å². The maximum atomic E-state index is 12.9. The molecule has 0 aromatic carbocycles. The van der Waals surface area contributed by atoms with Gasteiger partial charge in [0.05, 0.1) is 11.7 Å². The van der Waals surface area contributed by atoms with Crippen LogP contribution in [-0.4, -0.2) is 46.6 Å². The highest BCUT2D eigenvalue weighted by Crippen LogP contribution is 2.47. The molecule has 2 rings (SSSR count). The van der Waals surface area contributed by atoms with Crippen LogP contribution in [0.3, 0.4) is 0 Å². The highest BCUT2D eigenvalue weighted by Gasteiger charge is 2.54. The lowest BCUT2D eigenvalue weighted by Crippen LogP contribution is -2.62. The average Bonchev–Trinajstić information content (AvgIpc) is 2.30. The van der Waals surface area contributed by atoms with Crippen molar-refractivity contribution >= 4 is 11.7 Å². The molecule has 1 saturated heterocycles. The third-order valence-corrected chi connectivity index (χ3v) is 4.26. The Kier molecular flexibility index (Phi) is 3.71. The first-order valence-electron chi connectivity index (χ1n) is 7.15. The van der Waals surface area contributed by atoms with Crippen LogP contribution < -0.4 is 5.73 Å². The maximum Gasteiger partial charge on any atom is 0.236 e. The molecule has 0 bridgehead atoms. The molecular weight excluding hydrogens is 258 g/mol. The van der Waals surface area contributed by atoms with Crippen molar-refractivity contribution in [3.63, 3.8) is 0 Å². The van der Waals surface area contributed by atoms with Gasteiger partial charge >= 0.3 is 0 Å². The van der Waals surface area contributed by atoms with Gasteiger partial charge in [-0.15, -0.1) is 0 Å². The lowest BCUT2D eigenvalue weighted by Gasteiger charge is -2.49. The van der Waals surface area contributed by atoms with Crippen LogP contribution in [0.4, 0.5) is 0 Å². The predicted octanol–water partition coefficient (Wildman–Crippen LogP) is 1.18. The predicted molar refractivity (Wildman–Crippen MR) is 75.4 cm³/mol. The second kappa shape index (κ2) is 4.91. The number of ether oxygens (including phenoxy) is 1. The van der Waals surface area contributed by atoms with E-state index < -0.39 is 5.41 Å². The SMILES string of the molecule is CC1CC(C(=O)N2CC(C)OC(C)(C)C2)(C(N)=NO)C1. The second-order valence-electron chi connectivity index (χ2n) is 6.95. The zero-order valence-corrected chi connectivity index (χ0v) is 12.7. The molecule has 3 N–H and O–H groups in total. The molecule has 1 saturated carbocycles. The summed E-state index contributed by atoms with van der Waals surface area (Å²) in [5.41, 5.74) is 4.62. The molecule has 0 aromatic heterocycles. The van der Waals surface area contributed by atoms with Crippen LogP contribution in [0.5, 0.6) is 0 Å². The normalized spacial score (nSPS) is 37.4. The van der Waals surface area contributed by atoms with E-state index in [0.29, 0.717) is 31.8 Å². The van der Waals surface area contributed by atoms with Gasteiger partial charge < -0.3 is 20.6 Å². The Morgan fingerprint density at radius 2 is 2.00 bits per heavy atom. The Bertz CT molecular complexity index is 427. The lowest BCUT2D eigenvalue weighted by molar-refractivity contribution is -0.168. The van der Waals surface area contributed by atoms with Gasteiger partial charge in [0, 0.05) is 13.1 Å². The van der Waals surface area contributed by atoms with E-state index in [1.807, 2.05) is 20.8 Å². The van der Waals surface area contributed by atoms with Crippen molar-refractivity contribution in [3.8, 4) is 0 Å². The fourth-order valence-corrected chi connectivity index (χ4v) is 3.63. The minimum absolute atomic E-state index is 0.00969. The van der Waals surface area contributed by atoms with Gasteiger partial charge in [0.1, 0.15) is 5.41 Å². The maximum absolute atomic E-state index is 12.9. The van der Waals surface area contributed by atoms with Gasteiger partial charge in [-0.2, -0.15) is 0 Å². The highest BCUT2D eigenvalue weighted by molar-refractivity contribution is 6.07. The molecule has 0 spiro atoms. The van der Waals surface area contributed by atoms with Crippen LogP contribution in [0.25, 0.3) is 0 Å². The van der Waals surface area contributed by atoms with E-state index >= 15 is 0 Å². The fourth-order valence-electron chi connectivity index (χ4n) is 3.63. The first-order valence-corrected chi connectivity index (χ1v) is 7.15. The van der Waals surface area contributed by atoms with E-state index in [1.165, 1.54) is 0 Å². The number of morpholine rings is 1. The fraction of sp³-hybridized carbons (Fsp3) is 0.857. The summed E-state index contributed by atoms with van der Waals surface area (Å²) in [5, 5.41) is 12.1. The summed E-state index contributed by atoms with van der Waals surface area (Å²) in [4.78, 5) is 14.7. The van der Waals surface area contributed by atoms with E-state index in [4.69, 9.17) is 15.7 Å². The summed E-state index contributed by atoms with van der Waals surface area (Å²) in [6.07, 6.45) is 1.28. The molecule has 2 fully saturated rings. The lowest BCUT2D eigenvalue weighted by atomic mass is 9.61. The van der Waals surface area contributed by atoms with Crippen molar-refractivity contribution in [2.45, 2.75) is 52.2 Å². The van der Waals surface area contributed by atoms with Gasteiger partial charge in [0.15, 0.2) is 5.84 Å². The summed E-state index contributed by atoms with van der Waals surface area (Å²) in [7, 11) is 0. The third-order valence-electron chi connectivity index (χ3n) is 4.26. The number of amidine groups is 1. The minimum atomic E-state index is -0.818. The smallest absolute Gasteiger partial charge is 0.236 e. The molecule has 20 heavy (non-hydrogen) atoms. The largest absolute Gasteiger partial charge is 0.409 e. The molecule has 6 nitrogen and oxygen atoms in total. The number of carbonyl (C=O) groups is 1. The van der Waals surface area contributed by atoms with Crippen LogP contribution in [0, 0.1) is 11.3 Å². The number of amides is 1. The number of rotatable bonds is 2. The molecule has 1 aliphatic carbocycles. The number of carbonyl (C=O) groups excluding carboxylic acids is 1. The van der Waals surface area contributed by atoms with Crippen molar-refractivity contribution in [3.05, 3.63) is 0 Å². The molecule has 1 atom stereocenters. The average molecular weight is 283 g/mol. The van der Waals surface area contributed by atoms with Gasteiger partial charge in [-0.3, -0.25) is 4.79 Å². The summed E-state index contributed by atoms with van der Waals surface area (Å²) < 4.78 is 5.82. The molecule has 2 aliphatic rings. The topological polar surface area (TPSA) is 88.2 Å². The number of nitrogens with zero attached hydrogens (tertiary/aromatic N) is 2. The van der Waals surface area contributed by atoms with E-state index in [0.717, 1.165) is 0 Å². The summed E-state index contributed by atoms with van der Waals surface area (Å²) >= 11 is 0. The second-order valence-corrected chi connectivity index (χ2v) is 6.95. The number of hydrogen-bond donors (Lipinski definition) is 2. The molecule has 1 heterocycles. The Balaban J connectivity index is 2.21. The van der Waals surface area contributed by atoms with Crippen LogP contribution in [0.15, 0.2) is 5.16 Å². The van der Waals surface area contributed by atoms with Crippen LogP contribution in [0.2, 0.25) is 0 Å². The first kappa shape index (κ1) is 15.1. The van der Waals surface area contributed by atoms with Crippen molar-refractivity contribution in [2.24, 2.45) is 22.2 Å². The van der Waals surface area contributed by atoms with Crippen LogP contribution in [0.1, 0.15) is 40.5 Å². The quantitative estimate of drug-likeness (QED) is 0.345. The van der Waals surface area contributed by atoms with Crippen LogP contribution >= 0.6 is 0 Å². The van der Waals surface area contributed by atoms with E-state index in [9.17, 15) is 4.79 Å². The molecule has 6 heteroatoms. The summed E-state index contributed by atoms with van der Waals surface area (Å²) in [6.45, 7) is 9.07. The van der Waals surface area contributed by atoms with Crippen LogP contribution in [-0.2, 0) is 9.53 Å². The highest BCUT2D eigenvalue weighted by atomic mass is 16.5. The van der Waals surface area contributed by atoms with Gasteiger partial charge in [0.2, 0.25) is 5.91 Å². The van der Waals surface area contributed by atoms with Gasteiger partial charge in [0.25, 0.3) is 0 Å². The van der Waals surface area contributed by atoms with E-state index in [1.54, 1.807) is 4.90 Å². The van der Waals surface area contributed by atoms with Crippen molar-refractivity contribution in [2.75, 3.05) is 13.1 Å². The number of nitrogens with two attached hydrogens (primary N) is 1. The Morgan fingerprint density at radius 1 is 1.40 bits per heavy atom. The van der Waals surface area contributed by atoms with Crippen molar-refractivity contribution < 1.29 is 14.7 Å². The summed E-state index contributed by atoms with van der Waals surface area (Å²) in [6, 6.07) is 0. The zero-order chi connectivity index (χ0) is 15.1. The number of hydrogen-bond acceptors (Lipinski definition) is 4. The zero-order valence-electron chi connectivity index (χ0n) is 12.7. The molecule has 0 radical (unpaired) electrons. The third kappa shape index (κ3) is 2.49. The minimum Gasteiger partial charge on any atom is -0.409 e. The molecule has 1 aliphatic heterocycles. The Morgan fingerprint density at radius 3 is 2.45 bits per heavy atom. The van der Waals surface area contributed by atoms with E-state index in [2.05, 4.69) is 12.1 Å². The molecular formula is C14H25N3O3. The monoisotopic (exact) mass is 283 g/mol. The Labute approximate surface area is 119 Å². The molecule has 1 unspecified atom stereocenters. The summed E-state index contributed by atoms with van der Waals surface area (Å²) in [5.74, 6) is 0.428. The van der Waals surface area contributed by atoms with Gasteiger partial charge in [-0.1, -0.05) is 12.1 Å². The van der Waals surface area contributed by atoms with Gasteiger partial charge in [-0.05, 0) is 39.5 Å².